The Morgan fingerprint density at radius 2 is 1.69 bits per heavy atom. The average Bonchev–Trinajstić information content (AvgIpc) is 3.73. The first kappa shape index (κ1) is 34.9. The van der Waals surface area contributed by atoms with Crippen molar-refractivity contribution in [3.05, 3.63) is 112 Å². The summed E-state index contributed by atoms with van der Waals surface area (Å²) < 4.78 is 53.8. The number of nitrogens with zero attached hydrogens (tertiary/aromatic N) is 3. The molecule has 2 saturated heterocycles. The molecule has 2 amide bonds. The number of hydrogen-bond donors (Lipinski definition) is 2. The number of benzene rings is 3. The highest BCUT2D eigenvalue weighted by atomic mass is 35.5. The number of rotatable bonds is 9. The predicted molar refractivity (Wildman–Crippen MR) is 175 cm³/mol. The van der Waals surface area contributed by atoms with Crippen molar-refractivity contribution in [2.75, 3.05) is 6.54 Å². The number of halogens is 5. The van der Waals surface area contributed by atoms with Gasteiger partial charge in [0.1, 0.15) is 11.2 Å². The Kier molecular flexibility index (Phi) is 10.6. The molecule has 0 radical (unpaired) electrons. The first-order valence-corrected chi connectivity index (χ1v) is 16.5. The smallest absolute Gasteiger partial charge is 0.392 e. The van der Waals surface area contributed by atoms with Crippen molar-refractivity contribution in [1.29, 1.82) is 0 Å². The van der Waals surface area contributed by atoms with E-state index in [4.69, 9.17) is 32.7 Å². The van der Waals surface area contributed by atoms with Crippen LogP contribution >= 0.6 is 23.2 Å². The minimum Gasteiger partial charge on any atom is -0.392 e. The molecule has 258 valence electrons. The summed E-state index contributed by atoms with van der Waals surface area (Å²) in [6.07, 6.45) is -3.82. The Hall–Kier alpha value is -3.94. The summed E-state index contributed by atoms with van der Waals surface area (Å²) in [5, 5.41) is 12.7. The summed E-state index contributed by atoms with van der Waals surface area (Å²) in [5.41, 5.74) is 4.90. The zero-order valence-corrected chi connectivity index (χ0v) is 27.6. The third-order valence-corrected chi connectivity index (χ3v) is 9.54. The second kappa shape index (κ2) is 14.9. The molecule has 2 N–H and O–H groups in total. The Morgan fingerprint density at radius 3 is 2.37 bits per heavy atom. The molecule has 0 spiro atoms. The number of amides is 2. The fourth-order valence-corrected chi connectivity index (χ4v) is 6.56. The lowest BCUT2D eigenvalue weighted by Crippen LogP contribution is -2.50. The summed E-state index contributed by atoms with van der Waals surface area (Å²) >= 11 is 12.4. The van der Waals surface area contributed by atoms with E-state index < -0.39 is 30.3 Å². The molecule has 0 saturated carbocycles. The molecule has 3 aromatic carbocycles. The van der Waals surface area contributed by atoms with Crippen molar-refractivity contribution in [2.45, 2.75) is 69.7 Å². The van der Waals surface area contributed by atoms with Crippen molar-refractivity contribution >= 4 is 35.0 Å². The van der Waals surface area contributed by atoms with Gasteiger partial charge in [-0.2, -0.15) is 13.2 Å². The number of ether oxygens (including phenoxy) is 2. The van der Waals surface area contributed by atoms with Gasteiger partial charge in [-0.3, -0.25) is 9.59 Å². The Labute approximate surface area is 290 Å². The van der Waals surface area contributed by atoms with Crippen LogP contribution in [0.1, 0.15) is 53.9 Å². The fourth-order valence-electron chi connectivity index (χ4n) is 6.24. The zero-order valence-electron chi connectivity index (χ0n) is 26.1. The van der Waals surface area contributed by atoms with Crippen LogP contribution in [0.15, 0.2) is 79.1 Å². The second-order valence-corrected chi connectivity index (χ2v) is 12.7. The fraction of sp³-hybridized carbons (Fsp3) is 0.343. The van der Waals surface area contributed by atoms with Gasteiger partial charge in [-0.05, 0) is 40.7 Å². The molecular formula is C35H33Cl2F3N4O5. The van der Waals surface area contributed by atoms with Crippen molar-refractivity contribution in [3.63, 3.8) is 0 Å². The van der Waals surface area contributed by atoms with Gasteiger partial charge in [-0.1, -0.05) is 96.0 Å². The summed E-state index contributed by atoms with van der Waals surface area (Å²) in [5.74, 6) is -2.62. The van der Waals surface area contributed by atoms with Crippen LogP contribution in [0.2, 0.25) is 10.3 Å². The molecule has 2 fully saturated rings. The van der Waals surface area contributed by atoms with Gasteiger partial charge in [-0.15, -0.1) is 0 Å². The van der Waals surface area contributed by atoms with Crippen LogP contribution in [0.3, 0.4) is 0 Å². The summed E-state index contributed by atoms with van der Waals surface area (Å²) in [6.45, 7) is 0.278. The molecule has 0 aliphatic carbocycles. The number of hydrogen-bond acceptors (Lipinski definition) is 6. The number of aromatic nitrogens is 2. The molecule has 9 nitrogen and oxygen atoms in total. The molecular weight excluding hydrogens is 684 g/mol. The quantitative estimate of drug-likeness (QED) is 0.198. The van der Waals surface area contributed by atoms with Crippen molar-refractivity contribution in [2.24, 2.45) is 0 Å². The maximum absolute atomic E-state index is 13.1. The topological polar surface area (TPSA) is 106 Å². The molecule has 14 heteroatoms. The second-order valence-electron chi connectivity index (χ2n) is 12.0. The van der Waals surface area contributed by atoms with E-state index >= 15 is 0 Å². The number of nitrogens with one attached hydrogen (secondary N) is 1. The van der Waals surface area contributed by atoms with Gasteiger partial charge in [0, 0.05) is 25.1 Å². The lowest BCUT2D eigenvalue weighted by atomic mass is 9.97. The van der Waals surface area contributed by atoms with Crippen LogP contribution < -0.4 is 5.32 Å². The molecule has 4 aromatic rings. The molecule has 49 heavy (non-hydrogen) atoms. The molecule has 3 heterocycles. The van der Waals surface area contributed by atoms with Crippen LogP contribution in [0.25, 0.3) is 11.1 Å². The van der Waals surface area contributed by atoms with Crippen LogP contribution in [-0.4, -0.2) is 56.2 Å². The van der Waals surface area contributed by atoms with Gasteiger partial charge in [0.2, 0.25) is 5.91 Å². The number of aliphatic hydroxyl groups excluding tert-OH is 1. The third kappa shape index (κ3) is 7.94. The van der Waals surface area contributed by atoms with Gasteiger partial charge in [0.05, 0.1) is 31.7 Å². The molecule has 0 unspecified atom stereocenters. The summed E-state index contributed by atoms with van der Waals surface area (Å²) in [7, 11) is 0. The standard InChI is InChI=1S/C35H33Cl2F3N4O5/c36-30-31(37)43(20-42-30)18-26-16-29(23-9-7-21(19-45)8-10-23)49-33(48-26)24-13-11-22(12-14-24)27-5-2-1-4-25(27)17-41-32(46)28-6-3-15-44(28)34(47)35(38,39)40/h1-2,4-5,7-14,20,26,28-29,33,45H,3,6,15-19H2,(H,41,46)/t26-,28+,29+,33+/m1/s1. The average molecular weight is 718 g/mol. The zero-order chi connectivity index (χ0) is 34.7. The molecule has 2 aliphatic rings. The summed E-state index contributed by atoms with van der Waals surface area (Å²) in [6, 6.07) is 21.4. The number of likely N-dealkylation sites (tertiary alicyclic amines) is 1. The summed E-state index contributed by atoms with van der Waals surface area (Å²) in [4.78, 5) is 29.4. The van der Waals surface area contributed by atoms with E-state index in [1.54, 1.807) is 10.9 Å². The Morgan fingerprint density at radius 1 is 0.980 bits per heavy atom. The van der Waals surface area contributed by atoms with Crippen LogP contribution in [0, 0.1) is 0 Å². The number of imidazole rings is 1. The monoisotopic (exact) mass is 716 g/mol. The Balaban J connectivity index is 1.18. The lowest BCUT2D eigenvalue weighted by molar-refractivity contribution is -0.252. The van der Waals surface area contributed by atoms with E-state index in [1.807, 2.05) is 72.8 Å². The SMILES string of the molecule is O=C(NCc1ccccc1-c1ccc([C@H]2O[C@@H](Cn3cnc(Cl)c3Cl)C[C@@H](c3ccc(CO)cc3)O2)cc1)[C@@H]1CCCN1C(=O)C(F)(F)F. The van der Waals surface area contributed by atoms with E-state index in [1.165, 1.54) is 0 Å². The van der Waals surface area contributed by atoms with Gasteiger partial charge < -0.3 is 29.4 Å². The van der Waals surface area contributed by atoms with E-state index in [0.717, 1.165) is 33.4 Å². The van der Waals surface area contributed by atoms with Crippen molar-refractivity contribution in [3.8, 4) is 11.1 Å². The first-order chi connectivity index (χ1) is 23.5. The maximum atomic E-state index is 13.1. The third-order valence-electron chi connectivity index (χ3n) is 8.77. The van der Waals surface area contributed by atoms with Crippen molar-refractivity contribution in [1.82, 2.24) is 19.8 Å². The molecule has 0 bridgehead atoms. The van der Waals surface area contributed by atoms with Gasteiger partial charge in [0.15, 0.2) is 11.4 Å². The van der Waals surface area contributed by atoms with Crippen LogP contribution in [0.5, 0.6) is 0 Å². The number of aliphatic hydroxyl groups is 1. The largest absolute Gasteiger partial charge is 0.471 e. The highest BCUT2D eigenvalue weighted by Gasteiger charge is 2.47. The number of carbonyl (C=O) groups is 2. The first-order valence-electron chi connectivity index (χ1n) is 15.7. The van der Waals surface area contributed by atoms with Gasteiger partial charge >= 0.3 is 12.1 Å². The lowest BCUT2D eigenvalue weighted by Gasteiger charge is -2.36. The van der Waals surface area contributed by atoms with E-state index in [9.17, 15) is 27.9 Å². The van der Waals surface area contributed by atoms with Crippen LogP contribution in [0.4, 0.5) is 13.2 Å². The maximum Gasteiger partial charge on any atom is 0.471 e. The minimum atomic E-state index is -5.04. The van der Waals surface area contributed by atoms with E-state index in [0.29, 0.717) is 29.4 Å². The number of alkyl halides is 3. The highest BCUT2D eigenvalue weighted by Crippen LogP contribution is 2.39. The normalized spacial score (nSPS) is 21.1. The van der Waals surface area contributed by atoms with E-state index in [-0.39, 0.29) is 43.5 Å². The van der Waals surface area contributed by atoms with Gasteiger partial charge in [0.25, 0.3) is 0 Å². The van der Waals surface area contributed by atoms with Gasteiger partial charge in [-0.25, -0.2) is 4.98 Å². The van der Waals surface area contributed by atoms with E-state index in [2.05, 4.69) is 10.3 Å². The molecule has 2 aliphatic heterocycles. The molecule has 1 aromatic heterocycles. The Bertz CT molecular complexity index is 1790. The minimum absolute atomic E-state index is 0.0649. The molecule has 4 atom stereocenters. The predicted octanol–water partition coefficient (Wildman–Crippen LogP) is 6.76. The van der Waals surface area contributed by atoms with Crippen molar-refractivity contribution < 1.29 is 37.3 Å². The van der Waals surface area contributed by atoms with Crippen LogP contribution in [-0.2, 0) is 38.8 Å². The molecule has 6 rings (SSSR count). The highest BCUT2D eigenvalue weighted by molar-refractivity contribution is 6.40. The number of carbonyl (C=O) groups excluding carboxylic acids is 2.